The zero-order chi connectivity index (χ0) is 12.2. The van der Waals surface area contributed by atoms with Crippen molar-refractivity contribution >= 4 is 6.09 Å². The van der Waals surface area contributed by atoms with E-state index >= 15 is 0 Å². The van der Waals surface area contributed by atoms with Crippen LogP contribution >= 0.6 is 0 Å². The zero-order valence-corrected chi connectivity index (χ0v) is 10.4. The van der Waals surface area contributed by atoms with E-state index in [0.717, 1.165) is 25.7 Å². The van der Waals surface area contributed by atoms with Crippen molar-refractivity contribution in [3.8, 4) is 12.3 Å². The first-order valence-electron chi connectivity index (χ1n) is 5.86. The van der Waals surface area contributed by atoms with Crippen LogP contribution < -0.4 is 5.32 Å². The Labute approximate surface area is 97.9 Å². The first-order chi connectivity index (χ1) is 7.40. The van der Waals surface area contributed by atoms with Gasteiger partial charge in [-0.1, -0.05) is 6.42 Å². The molecule has 1 rings (SSSR count). The lowest BCUT2D eigenvalue weighted by Gasteiger charge is -2.28. The molecule has 1 aliphatic carbocycles. The first-order valence-corrected chi connectivity index (χ1v) is 5.86. The number of hydrogen-bond acceptors (Lipinski definition) is 2. The van der Waals surface area contributed by atoms with Gasteiger partial charge < -0.3 is 10.1 Å². The lowest BCUT2D eigenvalue weighted by molar-refractivity contribution is 0.0489. The second kappa shape index (κ2) is 5.25. The van der Waals surface area contributed by atoms with E-state index in [0.29, 0.717) is 5.92 Å². The van der Waals surface area contributed by atoms with Crippen LogP contribution in [0, 0.1) is 18.3 Å². The van der Waals surface area contributed by atoms with E-state index in [1.165, 1.54) is 0 Å². The quantitative estimate of drug-likeness (QED) is 0.694. The Balaban J connectivity index is 2.37. The largest absolute Gasteiger partial charge is 0.444 e. The van der Waals surface area contributed by atoms with Gasteiger partial charge in [0.2, 0.25) is 0 Å². The fraction of sp³-hybridized carbons (Fsp3) is 0.769. The van der Waals surface area contributed by atoms with Gasteiger partial charge in [-0.15, -0.1) is 12.3 Å². The predicted octanol–water partition coefficient (Wildman–Crippen LogP) is 2.70. The highest BCUT2D eigenvalue weighted by Crippen LogP contribution is 2.23. The third-order valence-corrected chi connectivity index (χ3v) is 2.63. The molecule has 3 heteroatoms. The van der Waals surface area contributed by atoms with Crippen LogP contribution in [0.2, 0.25) is 0 Å². The van der Waals surface area contributed by atoms with Gasteiger partial charge in [0.25, 0.3) is 0 Å². The molecule has 1 aliphatic rings. The monoisotopic (exact) mass is 223 g/mol. The molecule has 1 fully saturated rings. The van der Waals surface area contributed by atoms with Gasteiger partial charge >= 0.3 is 6.09 Å². The average molecular weight is 223 g/mol. The molecular formula is C13H21NO2. The maximum absolute atomic E-state index is 11.5. The number of rotatable bonds is 1. The zero-order valence-electron chi connectivity index (χ0n) is 10.4. The molecule has 0 heterocycles. The summed E-state index contributed by atoms with van der Waals surface area (Å²) in [5.41, 5.74) is -0.440. The van der Waals surface area contributed by atoms with Crippen LogP contribution in [0.4, 0.5) is 4.79 Å². The van der Waals surface area contributed by atoms with Gasteiger partial charge in [-0.25, -0.2) is 4.79 Å². The Morgan fingerprint density at radius 3 is 2.69 bits per heavy atom. The predicted molar refractivity (Wildman–Crippen MR) is 63.9 cm³/mol. The van der Waals surface area contributed by atoms with E-state index in [1.807, 2.05) is 20.8 Å². The molecule has 2 unspecified atom stereocenters. The summed E-state index contributed by atoms with van der Waals surface area (Å²) in [6.45, 7) is 5.58. The number of ether oxygens (including phenoxy) is 1. The van der Waals surface area contributed by atoms with Crippen molar-refractivity contribution in [2.45, 2.75) is 58.1 Å². The van der Waals surface area contributed by atoms with E-state index in [1.54, 1.807) is 0 Å². The van der Waals surface area contributed by atoms with Crippen LogP contribution in [0.1, 0.15) is 46.5 Å². The minimum atomic E-state index is -0.440. The van der Waals surface area contributed by atoms with Crippen molar-refractivity contribution in [3.63, 3.8) is 0 Å². The Hall–Kier alpha value is -1.17. The lowest BCUT2D eigenvalue weighted by atomic mass is 9.86. The number of terminal acetylenes is 1. The molecule has 0 radical (unpaired) electrons. The Bertz CT molecular complexity index is 285. The van der Waals surface area contributed by atoms with Gasteiger partial charge in [-0.3, -0.25) is 0 Å². The van der Waals surface area contributed by atoms with Crippen LogP contribution in [0.5, 0.6) is 0 Å². The Morgan fingerprint density at radius 1 is 1.44 bits per heavy atom. The van der Waals surface area contributed by atoms with Crippen molar-refractivity contribution in [3.05, 3.63) is 0 Å². The number of nitrogens with one attached hydrogen (secondary N) is 1. The van der Waals surface area contributed by atoms with Crippen molar-refractivity contribution in [2.24, 2.45) is 5.92 Å². The van der Waals surface area contributed by atoms with E-state index in [2.05, 4.69) is 11.2 Å². The molecule has 0 saturated heterocycles. The van der Waals surface area contributed by atoms with Crippen LogP contribution in [0.3, 0.4) is 0 Å². The standard InChI is InChI=1S/C13H21NO2/c1-5-10-7-6-8-11(9-10)14-12(15)16-13(2,3)4/h1,10-11H,6-9H2,2-4H3,(H,14,15). The topological polar surface area (TPSA) is 38.3 Å². The molecule has 0 aliphatic heterocycles. The molecule has 90 valence electrons. The first kappa shape index (κ1) is 12.9. The average Bonchev–Trinajstić information content (AvgIpc) is 2.15. The molecule has 0 spiro atoms. The molecule has 0 aromatic carbocycles. The summed E-state index contributed by atoms with van der Waals surface area (Å²) in [7, 11) is 0. The number of hydrogen-bond donors (Lipinski definition) is 1. The number of carbonyl (C=O) groups excluding carboxylic acids is 1. The van der Waals surface area contributed by atoms with E-state index in [9.17, 15) is 4.79 Å². The fourth-order valence-corrected chi connectivity index (χ4v) is 1.95. The normalized spacial score (nSPS) is 25.6. The van der Waals surface area contributed by atoms with Crippen LogP contribution in [-0.2, 0) is 4.74 Å². The molecule has 2 atom stereocenters. The second-order valence-electron chi connectivity index (χ2n) is 5.37. The molecule has 0 aromatic rings. The molecule has 0 aromatic heterocycles. The minimum absolute atomic E-state index is 0.171. The summed E-state index contributed by atoms with van der Waals surface area (Å²) < 4.78 is 5.21. The molecule has 16 heavy (non-hydrogen) atoms. The summed E-state index contributed by atoms with van der Waals surface area (Å²) in [6, 6.07) is 0.171. The highest BCUT2D eigenvalue weighted by atomic mass is 16.6. The van der Waals surface area contributed by atoms with Crippen LogP contribution in [-0.4, -0.2) is 17.7 Å². The van der Waals surface area contributed by atoms with Crippen molar-refractivity contribution < 1.29 is 9.53 Å². The second-order valence-corrected chi connectivity index (χ2v) is 5.37. The van der Waals surface area contributed by atoms with Gasteiger partial charge in [-0.2, -0.15) is 0 Å². The molecule has 1 amide bonds. The smallest absolute Gasteiger partial charge is 0.407 e. The van der Waals surface area contributed by atoms with Crippen LogP contribution in [0.25, 0.3) is 0 Å². The third-order valence-electron chi connectivity index (χ3n) is 2.63. The van der Waals surface area contributed by atoms with Crippen molar-refractivity contribution in [1.82, 2.24) is 5.32 Å². The fourth-order valence-electron chi connectivity index (χ4n) is 1.95. The molecule has 1 saturated carbocycles. The maximum Gasteiger partial charge on any atom is 0.407 e. The summed E-state index contributed by atoms with van der Waals surface area (Å²) in [6.07, 6.45) is 9.09. The molecule has 1 N–H and O–H groups in total. The van der Waals surface area contributed by atoms with Crippen LogP contribution in [0.15, 0.2) is 0 Å². The van der Waals surface area contributed by atoms with Gasteiger partial charge in [0.15, 0.2) is 0 Å². The lowest BCUT2D eigenvalue weighted by Crippen LogP contribution is -2.41. The van der Waals surface area contributed by atoms with E-state index in [-0.39, 0.29) is 12.1 Å². The maximum atomic E-state index is 11.5. The van der Waals surface area contributed by atoms with E-state index < -0.39 is 5.60 Å². The van der Waals surface area contributed by atoms with Crippen molar-refractivity contribution in [1.29, 1.82) is 0 Å². The highest BCUT2D eigenvalue weighted by molar-refractivity contribution is 5.68. The SMILES string of the molecule is C#CC1CCCC(NC(=O)OC(C)(C)C)C1. The van der Waals surface area contributed by atoms with Gasteiger partial charge in [-0.05, 0) is 40.0 Å². The molecule has 3 nitrogen and oxygen atoms in total. The number of carbonyl (C=O) groups is 1. The van der Waals surface area contributed by atoms with Gasteiger partial charge in [0.05, 0.1) is 0 Å². The Kier molecular flexibility index (Phi) is 4.23. The van der Waals surface area contributed by atoms with Crippen molar-refractivity contribution in [2.75, 3.05) is 0 Å². The summed E-state index contributed by atoms with van der Waals surface area (Å²) in [4.78, 5) is 11.5. The summed E-state index contributed by atoms with van der Waals surface area (Å²) >= 11 is 0. The van der Waals surface area contributed by atoms with Gasteiger partial charge in [0, 0.05) is 12.0 Å². The molecule has 0 bridgehead atoms. The van der Waals surface area contributed by atoms with Gasteiger partial charge in [0.1, 0.15) is 5.60 Å². The minimum Gasteiger partial charge on any atom is -0.444 e. The summed E-state index contributed by atoms with van der Waals surface area (Å²) in [5, 5.41) is 2.88. The summed E-state index contributed by atoms with van der Waals surface area (Å²) in [5.74, 6) is 3.06. The number of amides is 1. The third kappa shape index (κ3) is 4.57. The highest BCUT2D eigenvalue weighted by Gasteiger charge is 2.24. The molecular weight excluding hydrogens is 202 g/mol. The Morgan fingerprint density at radius 2 is 2.12 bits per heavy atom. The number of alkyl carbamates (subject to hydrolysis) is 1. The van der Waals surface area contributed by atoms with E-state index in [4.69, 9.17) is 11.2 Å².